The number of nitrogens with one attached hydrogen (secondary N) is 1. The number of hydrogen-bond donors (Lipinski definition) is 4. The molecule has 3 aromatic carbocycles. The number of thioether (sulfide) groups is 1. The van der Waals surface area contributed by atoms with E-state index < -0.39 is 28.7 Å². The van der Waals surface area contributed by atoms with Gasteiger partial charge in [-0.1, -0.05) is 67.6 Å². The molecule has 0 aliphatic carbocycles. The highest BCUT2D eigenvalue weighted by molar-refractivity contribution is 8.00. The molecule has 0 bridgehead atoms. The fraction of sp³-hybridized carbons (Fsp3) is 0.344. The molecule has 5 N–H and O–H groups in total. The summed E-state index contributed by atoms with van der Waals surface area (Å²) in [5.41, 5.74) is 8.98. The van der Waals surface area contributed by atoms with Crippen LogP contribution in [0.2, 0.25) is 0 Å². The summed E-state index contributed by atoms with van der Waals surface area (Å²) in [6, 6.07) is 21.4. The Morgan fingerprint density at radius 2 is 1.66 bits per heavy atom. The van der Waals surface area contributed by atoms with Crippen LogP contribution in [0, 0.1) is 13.8 Å². The van der Waals surface area contributed by atoms with Crippen molar-refractivity contribution >= 4 is 29.5 Å². The zero-order chi connectivity index (χ0) is 30.3. The van der Waals surface area contributed by atoms with E-state index in [2.05, 4.69) is 5.32 Å². The smallest absolute Gasteiger partial charge is 0.253 e. The standard InChI is InChI=1S/C24H30N2O3S.C8H9NO2/c1-16-10-8-9-13-19(16)14-25-22(28)21-24(3,4)30-15-26(21)23(29)20(27)17(2)18-11-6-5-7-12-18;1-5-6(8(9)11)3-2-4-7(5)10/h5-13,17,20-21,27H,14-15H2,1-4H3,(H,25,28);2-4,10H,1H3,(H2,9,11). The van der Waals surface area contributed by atoms with Gasteiger partial charge in [-0.2, -0.15) is 0 Å². The predicted octanol–water partition coefficient (Wildman–Crippen LogP) is 4.26. The quantitative estimate of drug-likeness (QED) is 0.332. The first-order valence-electron chi connectivity index (χ1n) is 13.4. The van der Waals surface area contributed by atoms with E-state index in [0.29, 0.717) is 23.5 Å². The van der Waals surface area contributed by atoms with Gasteiger partial charge in [0.05, 0.1) is 5.88 Å². The van der Waals surface area contributed by atoms with E-state index in [1.807, 2.05) is 82.3 Å². The summed E-state index contributed by atoms with van der Waals surface area (Å²) in [4.78, 5) is 38.5. The minimum Gasteiger partial charge on any atom is -0.508 e. The third-order valence-corrected chi connectivity index (χ3v) is 8.79. The van der Waals surface area contributed by atoms with Crippen LogP contribution in [0.3, 0.4) is 0 Å². The largest absolute Gasteiger partial charge is 0.508 e. The van der Waals surface area contributed by atoms with Crippen molar-refractivity contribution in [2.75, 3.05) is 5.88 Å². The summed E-state index contributed by atoms with van der Waals surface area (Å²) < 4.78 is -0.443. The Hall–Kier alpha value is -3.82. The monoisotopic (exact) mass is 577 g/mol. The van der Waals surface area contributed by atoms with Gasteiger partial charge < -0.3 is 26.2 Å². The maximum Gasteiger partial charge on any atom is 0.253 e. The van der Waals surface area contributed by atoms with E-state index in [1.165, 1.54) is 11.0 Å². The van der Waals surface area contributed by atoms with E-state index in [1.54, 1.807) is 30.8 Å². The van der Waals surface area contributed by atoms with Crippen molar-refractivity contribution in [1.29, 1.82) is 0 Å². The second-order valence-corrected chi connectivity index (χ2v) is 12.3. The SMILES string of the molecule is Cc1c(O)cccc1C(N)=O.Cc1ccccc1CNC(=O)C1N(C(=O)C(O)C(C)c2ccccc2)CSC1(C)C. The van der Waals surface area contributed by atoms with E-state index in [0.717, 1.165) is 16.7 Å². The van der Waals surface area contributed by atoms with Gasteiger partial charge in [-0.05, 0) is 56.5 Å². The molecule has 3 unspecified atom stereocenters. The molecule has 1 fully saturated rings. The molecule has 0 saturated carbocycles. The van der Waals surface area contributed by atoms with Crippen molar-refractivity contribution in [3.8, 4) is 5.75 Å². The molecule has 4 rings (SSSR count). The molecule has 1 aliphatic rings. The summed E-state index contributed by atoms with van der Waals surface area (Å²) in [6.07, 6.45) is -1.20. The molecule has 3 aromatic rings. The molecule has 9 heteroatoms. The summed E-state index contributed by atoms with van der Waals surface area (Å²) in [5, 5.41) is 22.9. The highest BCUT2D eigenvalue weighted by Crippen LogP contribution is 2.40. The number of aliphatic hydroxyl groups is 1. The Kier molecular flexibility index (Phi) is 10.6. The number of phenolic OH excluding ortho intramolecular Hbond substituents is 1. The first-order valence-corrected chi connectivity index (χ1v) is 14.4. The van der Waals surface area contributed by atoms with Gasteiger partial charge in [0.2, 0.25) is 11.8 Å². The van der Waals surface area contributed by atoms with Gasteiger partial charge in [-0.25, -0.2) is 0 Å². The molecule has 0 aromatic heterocycles. The topological polar surface area (TPSA) is 133 Å². The molecule has 3 atom stereocenters. The van der Waals surface area contributed by atoms with Crippen molar-refractivity contribution in [3.05, 3.63) is 101 Å². The number of aryl methyl sites for hydroxylation is 1. The molecular weight excluding hydrogens is 538 g/mol. The van der Waals surface area contributed by atoms with Crippen molar-refractivity contribution in [1.82, 2.24) is 10.2 Å². The van der Waals surface area contributed by atoms with Crippen LogP contribution < -0.4 is 11.1 Å². The van der Waals surface area contributed by atoms with E-state index in [9.17, 15) is 19.5 Å². The normalized spacial score (nSPS) is 17.1. The summed E-state index contributed by atoms with van der Waals surface area (Å²) in [5.74, 6) is -0.989. The summed E-state index contributed by atoms with van der Waals surface area (Å²) in [7, 11) is 0. The van der Waals surface area contributed by atoms with Gasteiger partial charge in [0.15, 0.2) is 0 Å². The molecule has 3 amide bonds. The number of aliphatic hydroxyl groups excluding tert-OH is 1. The molecule has 1 heterocycles. The number of hydrogen-bond acceptors (Lipinski definition) is 6. The van der Waals surface area contributed by atoms with Crippen LogP contribution in [-0.4, -0.2) is 55.6 Å². The number of carbonyl (C=O) groups is 3. The molecule has 41 heavy (non-hydrogen) atoms. The predicted molar refractivity (Wildman–Crippen MR) is 162 cm³/mol. The van der Waals surface area contributed by atoms with E-state index in [4.69, 9.17) is 10.8 Å². The zero-order valence-electron chi connectivity index (χ0n) is 24.1. The number of nitrogens with zero attached hydrogens (tertiary/aromatic N) is 1. The first-order chi connectivity index (χ1) is 19.3. The molecule has 0 radical (unpaired) electrons. The molecule has 1 aliphatic heterocycles. The fourth-order valence-electron chi connectivity index (χ4n) is 4.71. The summed E-state index contributed by atoms with van der Waals surface area (Å²) >= 11 is 1.56. The Morgan fingerprint density at radius 3 is 2.27 bits per heavy atom. The third kappa shape index (κ3) is 7.68. The fourth-order valence-corrected chi connectivity index (χ4v) is 5.85. The molecule has 1 saturated heterocycles. The third-order valence-electron chi connectivity index (χ3n) is 7.41. The van der Waals surface area contributed by atoms with Crippen LogP contribution in [0.15, 0.2) is 72.8 Å². The van der Waals surface area contributed by atoms with Gasteiger partial charge >= 0.3 is 0 Å². The van der Waals surface area contributed by atoms with Crippen molar-refractivity contribution in [2.45, 2.75) is 64.0 Å². The van der Waals surface area contributed by atoms with Gasteiger partial charge in [0, 0.05) is 28.3 Å². The average Bonchev–Trinajstić information content (AvgIpc) is 3.28. The van der Waals surface area contributed by atoms with Crippen LogP contribution in [-0.2, 0) is 16.1 Å². The molecule has 8 nitrogen and oxygen atoms in total. The van der Waals surface area contributed by atoms with Crippen LogP contribution >= 0.6 is 11.8 Å². The highest BCUT2D eigenvalue weighted by Gasteiger charge is 2.49. The van der Waals surface area contributed by atoms with Crippen molar-refractivity contribution < 1.29 is 24.6 Å². The zero-order valence-corrected chi connectivity index (χ0v) is 24.9. The maximum absolute atomic E-state index is 13.2. The van der Waals surface area contributed by atoms with Gasteiger partial charge in [-0.3, -0.25) is 14.4 Å². The molecular formula is C32H39N3O5S. The number of rotatable bonds is 7. The molecule has 218 valence electrons. The van der Waals surface area contributed by atoms with E-state index in [-0.39, 0.29) is 17.6 Å². The molecule has 0 spiro atoms. The minimum absolute atomic E-state index is 0.0984. The Bertz CT molecular complexity index is 1380. The number of primary amides is 1. The van der Waals surface area contributed by atoms with Crippen molar-refractivity contribution in [2.24, 2.45) is 5.73 Å². The van der Waals surface area contributed by atoms with Crippen LogP contribution in [0.1, 0.15) is 59.3 Å². The first kappa shape index (κ1) is 31.7. The number of benzene rings is 3. The van der Waals surface area contributed by atoms with Gasteiger partial charge in [-0.15, -0.1) is 11.8 Å². The Morgan fingerprint density at radius 1 is 1.02 bits per heavy atom. The average molecular weight is 578 g/mol. The Labute approximate surface area is 246 Å². The van der Waals surface area contributed by atoms with Crippen LogP contribution in [0.4, 0.5) is 0 Å². The maximum atomic E-state index is 13.2. The lowest BCUT2D eigenvalue weighted by atomic mass is 9.93. The Balaban J connectivity index is 0.000000352. The lowest BCUT2D eigenvalue weighted by molar-refractivity contribution is -0.146. The number of carbonyl (C=O) groups excluding carboxylic acids is 3. The van der Waals surface area contributed by atoms with Crippen molar-refractivity contribution in [3.63, 3.8) is 0 Å². The lowest BCUT2D eigenvalue weighted by Crippen LogP contribution is -2.55. The van der Waals surface area contributed by atoms with Gasteiger partial charge in [0.1, 0.15) is 17.9 Å². The number of aromatic hydroxyl groups is 1. The number of phenols is 1. The highest BCUT2D eigenvalue weighted by atomic mass is 32.2. The number of amides is 3. The number of nitrogens with two attached hydrogens (primary N) is 1. The second kappa shape index (κ2) is 13.7. The van der Waals surface area contributed by atoms with Crippen LogP contribution in [0.5, 0.6) is 5.75 Å². The van der Waals surface area contributed by atoms with Crippen LogP contribution in [0.25, 0.3) is 0 Å². The minimum atomic E-state index is -1.20. The second-order valence-electron chi connectivity index (χ2n) is 10.7. The lowest BCUT2D eigenvalue weighted by Gasteiger charge is -2.32. The summed E-state index contributed by atoms with van der Waals surface area (Å²) in [6.45, 7) is 9.84. The van der Waals surface area contributed by atoms with E-state index >= 15 is 0 Å². The van der Waals surface area contributed by atoms with Gasteiger partial charge in [0.25, 0.3) is 5.91 Å².